The third kappa shape index (κ3) is 2.69. The molecule has 0 spiro atoms. The van der Waals surface area contributed by atoms with Crippen LogP contribution in [0.2, 0.25) is 0 Å². The highest BCUT2D eigenvalue weighted by molar-refractivity contribution is 7.87. The van der Waals surface area contributed by atoms with Gasteiger partial charge in [0.15, 0.2) is 0 Å². The summed E-state index contributed by atoms with van der Waals surface area (Å²) in [4.78, 5) is 14.5. The highest BCUT2D eigenvalue weighted by Gasteiger charge is 2.60. The molecule has 3 rings (SSSR count). The van der Waals surface area contributed by atoms with E-state index in [1.54, 1.807) is 4.31 Å². The normalized spacial score (nSPS) is 33.9. The number of likely N-dealkylation sites (tertiary alicyclic amines) is 1. The summed E-state index contributed by atoms with van der Waals surface area (Å²) in [6.45, 7) is 6.77. The summed E-state index contributed by atoms with van der Waals surface area (Å²) >= 11 is 0. The van der Waals surface area contributed by atoms with Gasteiger partial charge in [-0.1, -0.05) is 0 Å². The van der Waals surface area contributed by atoms with Gasteiger partial charge >= 0.3 is 0 Å². The van der Waals surface area contributed by atoms with E-state index in [4.69, 9.17) is 5.73 Å². The molecule has 3 saturated heterocycles. The van der Waals surface area contributed by atoms with E-state index in [0.29, 0.717) is 19.0 Å². The Balaban J connectivity index is 1.83. The molecule has 3 aliphatic heterocycles. The Morgan fingerprint density at radius 1 is 1.17 bits per heavy atom. The standard InChI is InChI=1S/C15H28N4O3S/c1-12(2)17-9-5-13(6-10-17)18-11-15(14(16)20)7-3-4-8-19(15)23(18,21)22/h12-13H,3-11H2,1-2H3,(H2,16,20)/t15-/m1/s1. The SMILES string of the molecule is CC(C)N1CCC(N2C[C@@]3(C(N)=O)CCCCN3S2(=O)=O)CC1. The molecule has 3 heterocycles. The van der Waals surface area contributed by atoms with Crippen molar-refractivity contribution in [3.05, 3.63) is 0 Å². The van der Waals surface area contributed by atoms with Gasteiger partial charge in [-0.25, -0.2) is 0 Å². The van der Waals surface area contributed by atoms with Crippen LogP contribution in [0.4, 0.5) is 0 Å². The van der Waals surface area contributed by atoms with Gasteiger partial charge in [-0.15, -0.1) is 0 Å². The summed E-state index contributed by atoms with van der Waals surface area (Å²) in [6.07, 6.45) is 3.84. The van der Waals surface area contributed by atoms with E-state index in [1.807, 2.05) is 0 Å². The number of hydrogen-bond donors (Lipinski definition) is 1. The average Bonchev–Trinajstić information content (AvgIpc) is 2.77. The Bertz CT molecular complexity index is 571. The molecule has 132 valence electrons. The van der Waals surface area contributed by atoms with Crippen LogP contribution in [0.5, 0.6) is 0 Å². The number of amides is 1. The van der Waals surface area contributed by atoms with Gasteiger partial charge in [-0.3, -0.25) is 4.79 Å². The van der Waals surface area contributed by atoms with Crippen molar-refractivity contribution in [2.24, 2.45) is 5.73 Å². The molecule has 2 N–H and O–H groups in total. The van der Waals surface area contributed by atoms with Crippen molar-refractivity contribution in [3.63, 3.8) is 0 Å². The first-order valence-electron chi connectivity index (χ1n) is 8.62. The minimum absolute atomic E-state index is 0.0168. The van der Waals surface area contributed by atoms with E-state index in [1.165, 1.54) is 4.31 Å². The topological polar surface area (TPSA) is 86.9 Å². The molecule has 8 heteroatoms. The molecule has 0 radical (unpaired) electrons. The van der Waals surface area contributed by atoms with Gasteiger partial charge in [-0.2, -0.15) is 17.0 Å². The summed E-state index contributed by atoms with van der Waals surface area (Å²) in [5.41, 5.74) is 4.62. The number of piperidine rings is 2. The van der Waals surface area contributed by atoms with Gasteiger partial charge in [0, 0.05) is 25.2 Å². The number of nitrogens with zero attached hydrogens (tertiary/aromatic N) is 3. The highest BCUT2D eigenvalue weighted by atomic mass is 32.2. The summed E-state index contributed by atoms with van der Waals surface area (Å²) in [6, 6.07) is 0.464. The predicted octanol–water partition coefficient (Wildman–Crippen LogP) is 0.130. The number of carbonyl (C=O) groups is 1. The molecule has 3 aliphatic rings. The van der Waals surface area contributed by atoms with Crippen molar-refractivity contribution in [2.75, 3.05) is 26.2 Å². The summed E-state index contributed by atoms with van der Waals surface area (Å²) in [7, 11) is -3.58. The summed E-state index contributed by atoms with van der Waals surface area (Å²) in [5.74, 6) is -0.497. The zero-order valence-corrected chi connectivity index (χ0v) is 14.9. The lowest BCUT2D eigenvalue weighted by Crippen LogP contribution is -2.58. The lowest BCUT2D eigenvalue weighted by molar-refractivity contribution is -0.128. The second-order valence-corrected chi connectivity index (χ2v) is 9.14. The van der Waals surface area contributed by atoms with Crippen LogP contribution in [0.15, 0.2) is 0 Å². The first-order valence-corrected chi connectivity index (χ1v) is 10.0. The molecule has 0 aromatic heterocycles. The second-order valence-electron chi connectivity index (χ2n) is 7.34. The Hall–Kier alpha value is -0.700. The lowest BCUT2D eigenvalue weighted by atomic mass is 9.87. The van der Waals surface area contributed by atoms with E-state index >= 15 is 0 Å². The number of nitrogens with two attached hydrogens (primary N) is 1. The molecular formula is C15H28N4O3S. The van der Waals surface area contributed by atoms with Crippen molar-refractivity contribution in [1.29, 1.82) is 0 Å². The molecule has 1 atom stereocenters. The number of fused-ring (bicyclic) bond motifs is 1. The van der Waals surface area contributed by atoms with Crippen LogP contribution >= 0.6 is 0 Å². The van der Waals surface area contributed by atoms with Crippen LogP contribution < -0.4 is 5.73 Å². The van der Waals surface area contributed by atoms with Crippen LogP contribution in [-0.4, -0.2) is 71.6 Å². The molecule has 0 bridgehead atoms. The van der Waals surface area contributed by atoms with Crippen molar-refractivity contribution in [2.45, 2.75) is 63.6 Å². The fourth-order valence-corrected chi connectivity index (χ4v) is 6.56. The number of rotatable bonds is 3. The molecule has 7 nitrogen and oxygen atoms in total. The molecule has 0 aromatic rings. The maximum atomic E-state index is 13.0. The third-order valence-electron chi connectivity index (χ3n) is 5.77. The molecule has 1 amide bonds. The monoisotopic (exact) mass is 344 g/mol. The van der Waals surface area contributed by atoms with Gasteiger partial charge in [0.1, 0.15) is 5.54 Å². The number of carbonyl (C=O) groups excluding carboxylic acids is 1. The molecule has 0 saturated carbocycles. The highest BCUT2D eigenvalue weighted by Crippen LogP contribution is 2.41. The van der Waals surface area contributed by atoms with Crippen molar-refractivity contribution < 1.29 is 13.2 Å². The van der Waals surface area contributed by atoms with Crippen LogP contribution in [-0.2, 0) is 15.0 Å². The largest absolute Gasteiger partial charge is 0.368 e. The van der Waals surface area contributed by atoms with Crippen LogP contribution in [0.25, 0.3) is 0 Å². The molecule has 0 unspecified atom stereocenters. The quantitative estimate of drug-likeness (QED) is 0.788. The average molecular weight is 344 g/mol. The Morgan fingerprint density at radius 2 is 1.83 bits per heavy atom. The fourth-order valence-electron chi connectivity index (χ4n) is 4.30. The Kier molecular flexibility index (Phi) is 4.46. The van der Waals surface area contributed by atoms with Gasteiger partial charge in [0.25, 0.3) is 10.2 Å². The van der Waals surface area contributed by atoms with Gasteiger partial charge in [0.05, 0.1) is 0 Å². The smallest absolute Gasteiger partial charge is 0.283 e. The van der Waals surface area contributed by atoms with Gasteiger partial charge in [0.2, 0.25) is 5.91 Å². The molecule has 23 heavy (non-hydrogen) atoms. The Labute approximate surface area is 139 Å². The predicted molar refractivity (Wildman–Crippen MR) is 87.8 cm³/mol. The van der Waals surface area contributed by atoms with E-state index in [2.05, 4.69) is 18.7 Å². The van der Waals surface area contributed by atoms with Crippen molar-refractivity contribution in [3.8, 4) is 0 Å². The third-order valence-corrected chi connectivity index (χ3v) is 7.88. The zero-order chi connectivity index (χ0) is 16.8. The van der Waals surface area contributed by atoms with Crippen molar-refractivity contribution in [1.82, 2.24) is 13.5 Å². The molecule has 3 fully saturated rings. The number of hydrogen-bond acceptors (Lipinski definition) is 4. The molecule has 0 aromatic carbocycles. The van der Waals surface area contributed by atoms with Crippen LogP contribution in [0, 0.1) is 0 Å². The maximum absolute atomic E-state index is 13.0. The van der Waals surface area contributed by atoms with Gasteiger partial charge < -0.3 is 10.6 Å². The van der Waals surface area contributed by atoms with Crippen LogP contribution in [0.1, 0.15) is 46.0 Å². The summed E-state index contributed by atoms with van der Waals surface area (Å²) in [5, 5.41) is 0. The minimum Gasteiger partial charge on any atom is -0.368 e. The maximum Gasteiger partial charge on any atom is 0.283 e. The van der Waals surface area contributed by atoms with E-state index in [0.717, 1.165) is 38.8 Å². The molecule has 0 aliphatic carbocycles. The zero-order valence-electron chi connectivity index (χ0n) is 14.1. The second kappa shape index (κ2) is 5.98. The minimum atomic E-state index is -3.58. The molecular weight excluding hydrogens is 316 g/mol. The number of primary amides is 1. The van der Waals surface area contributed by atoms with E-state index < -0.39 is 21.7 Å². The van der Waals surface area contributed by atoms with E-state index in [-0.39, 0.29) is 12.6 Å². The van der Waals surface area contributed by atoms with Crippen molar-refractivity contribution >= 4 is 16.1 Å². The Morgan fingerprint density at radius 3 is 2.35 bits per heavy atom. The first kappa shape index (κ1) is 17.1. The van der Waals surface area contributed by atoms with E-state index in [9.17, 15) is 13.2 Å². The van der Waals surface area contributed by atoms with Gasteiger partial charge in [-0.05, 0) is 59.0 Å². The van der Waals surface area contributed by atoms with Crippen LogP contribution in [0.3, 0.4) is 0 Å². The first-order chi connectivity index (χ1) is 10.8. The fraction of sp³-hybridized carbons (Fsp3) is 0.933. The lowest BCUT2D eigenvalue weighted by Gasteiger charge is -2.37. The summed E-state index contributed by atoms with van der Waals surface area (Å²) < 4.78 is 28.9.